The van der Waals surface area contributed by atoms with E-state index in [1.54, 1.807) is 59.5 Å². The third-order valence-electron chi connectivity index (χ3n) is 5.81. The van der Waals surface area contributed by atoms with Crippen molar-refractivity contribution in [2.75, 3.05) is 41.8 Å². The van der Waals surface area contributed by atoms with Gasteiger partial charge in [0.1, 0.15) is 6.54 Å². The molecule has 1 aliphatic heterocycles. The standard InChI is InChI=1S/C26H27N3O6S/c1-34-23-15-14-22(17-24(23)35-2)36(32,33)29(21-7-4-3-5-8-21)18-25(30)27-19-10-12-20(13-11-19)28-16-6-9-26(28)31/h3-5,7-8,10-15,17H,6,9,16,18H2,1-2H3,(H,27,30). The van der Waals surface area contributed by atoms with Crippen molar-refractivity contribution in [3.8, 4) is 11.5 Å². The van der Waals surface area contributed by atoms with Crippen molar-refractivity contribution in [2.24, 2.45) is 0 Å². The number of nitrogens with zero attached hydrogens (tertiary/aromatic N) is 2. The van der Waals surface area contributed by atoms with Gasteiger partial charge < -0.3 is 19.7 Å². The summed E-state index contributed by atoms with van der Waals surface area (Å²) in [4.78, 5) is 26.6. The molecule has 0 aromatic heterocycles. The number of anilines is 3. The van der Waals surface area contributed by atoms with Crippen LogP contribution in [-0.2, 0) is 19.6 Å². The van der Waals surface area contributed by atoms with Gasteiger partial charge in [-0.3, -0.25) is 13.9 Å². The van der Waals surface area contributed by atoms with Gasteiger partial charge in [0, 0.05) is 30.4 Å². The Morgan fingerprint density at radius 1 is 0.972 bits per heavy atom. The summed E-state index contributed by atoms with van der Waals surface area (Å²) < 4.78 is 38.8. The maximum atomic E-state index is 13.6. The smallest absolute Gasteiger partial charge is 0.264 e. The fraction of sp³-hybridized carbons (Fsp3) is 0.231. The van der Waals surface area contributed by atoms with E-state index < -0.39 is 22.5 Å². The van der Waals surface area contributed by atoms with Gasteiger partial charge in [-0.2, -0.15) is 0 Å². The molecule has 0 aliphatic carbocycles. The Bertz CT molecular complexity index is 1340. The summed E-state index contributed by atoms with van der Waals surface area (Å²) in [6.07, 6.45) is 1.35. The van der Waals surface area contributed by atoms with Gasteiger partial charge in [-0.25, -0.2) is 8.42 Å². The lowest BCUT2D eigenvalue weighted by atomic mass is 10.2. The van der Waals surface area contributed by atoms with Gasteiger partial charge in [0.15, 0.2) is 11.5 Å². The highest BCUT2D eigenvalue weighted by Crippen LogP contribution is 2.32. The van der Waals surface area contributed by atoms with Gasteiger partial charge in [0.05, 0.1) is 24.8 Å². The molecular weight excluding hydrogens is 482 g/mol. The first-order valence-corrected chi connectivity index (χ1v) is 12.8. The quantitative estimate of drug-likeness (QED) is 0.472. The van der Waals surface area contributed by atoms with Crippen LogP contribution in [0.5, 0.6) is 11.5 Å². The monoisotopic (exact) mass is 509 g/mol. The predicted octanol–water partition coefficient (Wildman–Crippen LogP) is 3.66. The summed E-state index contributed by atoms with van der Waals surface area (Å²) in [6, 6.07) is 19.6. The maximum absolute atomic E-state index is 13.6. The van der Waals surface area contributed by atoms with Crippen LogP contribution in [0.1, 0.15) is 12.8 Å². The van der Waals surface area contributed by atoms with E-state index in [1.807, 2.05) is 0 Å². The summed E-state index contributed by atoms with van der Waals surface area (Å²) >= 11 is 0. The van der Waals surface area contributed by atoms with Crippen molar-refractivity contribution in [3.05, 3.63) is 72.8 Å². The van der Waals surface area contributed by atoms with E-state index in [-0.39, 0.29) is 16.6 Å². The van der Waals surface area contributed by atoms with Crippen LogP contribution in [0.3, 0.4) is 0 Å². The van der Waals surface area contributed by atoms with E-state index in [0.29, 0.717) is 30.1 Å². The van der Waals surface area contributed by atoms with E-state index in [2.05, 4.69) is 5.32 Å². The zero-order chi connectivity index (χ0) is 25.7. The first kappa shape index (κ1) is 25.1. The number of amides is 2. The third kappa shape index (κ3) is 5.28. The first-order chi connectivity index (χ1) is 17.3. The molecule has 188 valence electrons. The number of hydrogen-bond acceptors (Lipinski definition) is 6. The number of sulfonamides is 1. The van der Waals surface area contributed by atoms with Crippen LogP contribution < -0.4 is 24.0 Å². The Kier molecular flexibility index (Phi) is 7.44. The summed E-state index contributed by atoms with van der Waals surface area (Å²) in [5.41, 5.74) is 1.59. The number of para-hydroxylation sites is 1. The second-order valence-electron chi connectivity index (χ2n) is 8.11. The van der Waals surface area contributed by atoms with Crippen molar-refractivity contribution in [1.29, 1.82) is 0 Å². The number of ether oxygens (including phenoxy) is 2. The molecule has 1 fully saturated rings. The molecule has 9 nitrogen and oxygen atoms in total. The van der Waals surface area contributed by atoms with Crippen molar-refractivity contribution in [2.45, 2.75) is 17.7 Å². The van der Waals surface area contributed by atoms with E-state index in [0.717, 1.165) is 16.4 Å². The number of benzene rings is 3. The Labute approximate surface area is 210 Å². The summed E-state index contributed by atoms with van der Waals surface area (Å²) in [5, 5.41) is 2.74. The van der Waals surface area contributed by atoms with E-state index in [9.17, 15) is 18.0 Å². The predicted molar refractivity (Wildman–Crippen MR) is 137 cm³/mol. The molecule has 36 heavy (non-hydrogen) atoms. The first-order valence-electron chi connectivity index (χ1n) is 11.3. The van der Waals surface area contributed by atoms with Crippen molar-refractivity contribution < 1.29 is 27.5 Å². The fourth-order valence-corrected chi connectivity index (χ4v) is 5.43. The van der Waals surface area contributed by atoms with Gasteiger partial charge in [-0.1, -0.05) is 18.2 Å². The molecule has 0 bridgehead atoms. The van der Waals surface area contributed by atoms with Crippen LogP contribution in [0, 0.1) is 0 Å². The van der Waals surface area contributed by atoms with Crippen LogP contribution in [0.15, 0.2) is 77.7 Å². The number of nitrogens with one attached hydrogen (secondary N) is 1. The van der Waals surface area contributed by atoms with Gasteiger partial charge in [-0.05, 0) is 55.0 Å². The molecule has 0 radical (unpaired) electrons. The van der Waals surface area contributed by atoms with Gasteiger partial charge in [-0.15, -0.1) is 0 Å². The third-order valence-corrected chi connectivity index (χ3v) is 7.58. The lowest BCUT2D eigenvalue weighted by Gasteiger charge is -2.24. The lowest BCUT2D eigenvalue weighted by molar-refractivity contribution is -0.117. The summed E-state index contributed by atoms with van der Waals surface area (Å²) in [6.45, 7) is 0.220. The molecule has 1 heterocycles. The SMILES string of the molecule is COc1ccc(S(=O)(=O)N(CC(=O)Nc2ccc(N3CCCC3=O)cc2)c2ccccc2)cc1OC. The average Bonchev–Trinajstić information content (AvgIpc) is 3.33. The molecule has 4 rings (SSSR count). The number of rotatable bonds is 9. The largest absolute Gasteiger partial charge is 0.493 e. The number of methoxy groups -OCH3 is 2. The topological polar surface area (TPSA) is 105 Å². The summed E-state index contributed by atoms with van der Waals surface area (Å²) in [5.74, 6) is 0.200. The molecule has 2 amide bonds. The molecule has 3 aromatic carbocycles. The van der Waals surface area contributed by atoms with Crippen molar-refractivity contribution >= 4 is 38.9 Å². The van der Waals surface area contributed by atoms with Crippen molar-refractivity contribution in [3.63, 3.8) is 0 Å². The molecule has 1 saturated heterocycles. The van der Waals surface area contributed by atoms with E-state index >= 15 is 0 Å². The number of carbonyl (C=O) groups excluding carboxylic acids is 2. The average molecular weight is 510 g/mol. The molecule has 0 unspecified atom stereocenters. The Morgan fingerprint density at radius 3 is 2.28 bits per heavy atom. The molecule has 0 saturated carbocycles. The minimum absolute atomic E-state index is 0.0450. The number of hydrogen-bond donors (Lipinski definition) is 1. The summed E-state index contributed by atoms with van der Waals surface area (Å²) in [7, 11) is -1.25. The zero-order valence-electron chi connectivity index (χ0n) is 20.0. The second-order valence-corrected chi connectivity index (χ2v) is 9.97. The van der Waals surface area contributed by atoms with Crippen LogP contribution in [0.2, 0.25) is 0 Å². The molecule has 0 atom stereocenters. The molecule has 3 aromatic rings. The second kappa shape index (κ2) is 10.7. The van der Waals surface area contributed by atoms with Gasteiger partial charge in [0.25, 0.3) is 10.0 Å². The highest BCUT2D eigenvalue weighted by molar-refractivity contribution is 7.92. The molecule has 10 heteroatoms. The Morgan fingerprint density at radius 2 is 1.67 bits per heavy atom. The zero-order valence-corrected chi connectivity index (χ0v) is 20.8. The molecule has 0 spiro atoms. The number of carbonyl (C=O) groups is 2. The highest BCUT2D eigenvalue weighted by atomic mass is 32.2. The fourth-order valence-electron chi connectivity index (χ4n) is 3.99. The lowest BCUT2D eigenvalue weighted by Crippen LogP contribution is -2.38. The molecule has 1 aliphatic rings. The Hall–Kier alpha value is -4.05. The minimum Gasteiger partial charge on any atom is -0.493 e. The molecule has 1 N–H and O–H groups in total. The van der Waals surface area contributed by atoms with Crippen LogP contribution in [0.25, 0.3) is 0 Å². The van der Waals surface area contributed by atoms with Gasteiger partial charge >= 0.3 is 0 Å². The highest BCUT2D eigenvalue weighted by Gasteiger charge is 2.28. The van der Waals surface area contributed by atoms with E-state index in [4.69, 9.17) is 9.47 Å². The van der Waals surface area contributed by atoms with Crippen molar-refractivity contribution in [1.82, 2.24) is 0 Å². The van der Waals surface area contributed by atoms with Gasteiger partial charge in [0.2, 0.25) is 11.8 Å². The Balaban J connectivity index is 1.57. The maximum Gasteiger partial charge on any atom is 0.264 e. The van der Waals surface area contributed by atoms with E-state index in [1.165, 1.54) is 32.4 Å². The van der Waals surface area contributed by atoms with Crippen LogP contribution in [0.4, 0.5) is 17.1 Å². The minimum atomic E-state index is -4.13. The van der Waals surface area contributed by atoms with Crippen LogP contribution in [-0.4, -0.2) is 47.5 Å². The van der Waals surface area contributed by atoms with Crippen LogP contribution >= 0.6 is 0 Å². The molecular formula is C26H27N3O6S. The normalized spacial score (nSPS) is 13.4.